The van der Waals surface area contributed by atoms with Crippen molar-refractivity contribution in [3.05, 3.63) is 35.4 Å². The predicted molar refractivity (Wildman–Crippen MR) is 158 cm³/mol. The average molecular weight is 502 g/mol. The molecular formula is C32H59N3O. The molecule has 1 amide bonds. The number of benzene rings is 1. The van der Waals surface area contributed by atoms with Crippen molar-refractivity contribution in [2.45, 2.75) is 123 Å². The van der Waals surface area contributed by atoms with Crippen LogP contribution in [0.4, 0.5) is 0 Å². The maximum absolute atomic E-state index is 12.9. The number of nitrogens with zero attached hydrogens (tertiary/aromatic N) is 2. The van der Waals surface area contributed by atoms with E-state index in [-0.39, 0.29) is 5.91 Å². The standard InChI is InChI=1S/C32H59N3O/c1-5-6-7-8-9-10-11-12-13-14-15-16-17-18-19-22-26-33-29-30-24-20-21-25-31(30)32(36)35(4)28-23-27-34(2)3/h20-21,24-25,33H,5-19,22-23,26-29H2,1-4H3. The van der Waals surface area contributed by atoms with Crippen LogP contribution in [0.1, 0.15) is 132 Å². The zero-order chi connectivity index (χ0) is 26.3. The maximum Gasteiger partial charge on any atom is 0.253 e. The summed E-state index contributed by atoms with van der Waals surface area (Å²) in [4.78, 5) is 16.9. The first-order chi connectivity index (χ1) is 17.6. The van der Waals surface area contributed by atoms with Gasteiger partial charge >= 0.3 is 0 Å². The molecule has 0 atom stereocenters. The molecule has 36 heavy (non-hydrogen) atoms. The molecule has 0 aliphatic heterocycles. The minimum Gasteiger partial charge on any atom is -0.342 e. The van der Waals surface area contributed by atoms with Crippen LogP contribution in [0.25, 0.3) is 0 Å². The number of nitrogens with one attached hydrogen (secondary N) is 1. The molecule has 0 spiro atoms. The van der Waals surface area contributed by atoms with E-state index in [4.69, 9.17) is 0 Å². The van der Waals surface area contributed by atoms with Crippen LogP contribution in [0.2, 0.25) is 0 Å². The molecule has 1 aromatic carbocycles. The van der Waals surface area contributed by atoms with Gasteiger partial charge in [-0.3, -0.25) is 4.79 Å². The molecule has 1 rings (SSSR count). The predicted octanol–water partition coefficient (Wildman–Crippen LogP) is 8.06. The van der Waals surface area contributed by atoms with E-state index in [1.54, 1.807) is 0 Å². The van der Waals surface area contributed by atoms with E-state index < -0.39 is 0 Å². The summed E-state index contributed by atoms with van der Waals surface area (Å²) in [5.74, 6) is 0.133. The van der Waals surface area contributed by atoms with Crippen LogP contribution in [-0.4, -0.2) is 56.5 Å². The van der Waals surface area contributed by atoms with Gasteiger partial charge in [-0.1, -0.05) is 121 Å². The van der Waals surface area contributed by atoms with Gasteiger partial charge in [0.2, 0.25) is 0 Å². The molecular weight excluding hydrogens is 442 g/mol. The van der Waals surface area contributed by atoms with Crippen molar-refractivity contribution in [3.8, 4) is 0 Å². The Hall–Kier alpha value is -1.39. The van der Waals surface area contributed by atoms with Gasteiger partial charge in [-0.15, -0.1) is 0 Å². The van der Waals surface area contributed by atoms with Crippen LogP contribution >= 0.6 is 0 Å². The van der Waals surface area contributed by atoms with Gasteiger partial charge in [0.1, 0.15) is 0 Å². The first-order valence-electron chi connectivity index (χ1n) is 15.2. The molecule has 0 saturated carbocycles. The van der Waals surface area contributed by atoms with Crippen LogP contribution < -0.4 is 5.32 Å². The molecule has 4 heteroatoms. The number of hydrogen-bond acceptors (Lipinski definition) is 3. The highest BCUT2D eigenvalue weighted by atomic mass is 16.2. The molecule has 0 heterocycles. The number of carbonyl (C=O) groups excluding carboxylic acids is 1. The van der Waals surface area contributed by atoms with Gasteiger partial charge in [0, 0.05) is 25.7 Å². The lowest BCUT2D eigenvalue weighted by molar-refractivity contribution is 0.0789. The van der Waals surface area contributed by atoms with E-state index in [0.29, 0.717) is 0 Å². The molecule has 0 radical (unpaired) electrons. The van der Waals surface area contributed by atoms with E-state index >= 15 is 0 Å². The SMILES string of the molecule is CCCCCCCCCCCCCCCCCCNCc1ccccc1C(=O)N(C)CCCN(C)C. The molecule has 0 fully saturated rings. The van der Waals surface area contributed by atoms with Crippen LogP contribution in [0.3, 0.4) is 0 Å². The molecule has 0 aliphatic rings. The van der Waals surface area contributed by atoms with Crippen molar-refractivity contribution in [2.24, 2.45) is 0 Å². The quantitative estimate of drug-likeness (QED) is 0.145. The average Bonchev–Trinajstić information content (AvgIpc) is 2.87. The zero-order valence-electron chi connectivity index (χ0n) is 24.5. The number of hydrogen-bond donors (Lipinski definition) is 1. The molecule has 1 N–H and O–H groups in total. The zero-order valence-corrected chi connectivity index (χ0v) is 24.5. The Bertz CT molecular complexity index is 646. The Kier molecular flexibility index (Phi) is 20.7. The van der Waals surface area contributed by atoms with Gasteiger partial charge in [-0.25, -0.2) is 0 Å². The van der Waals surface area contributed by atoms with Gasteiger partial charge in [-0.2, -0.15) is 0 Å². The van der Waals surface area contributed by atoms with E-state index in [1.165, 1.54) is 103 Å². The molecule has 0 saturated heterocycles. The van der Waals surface area contributed by atoms with Crippen LogP contribution in [0.15, 0.2) is 24.3 Å². The van der Waals surface area contributed by atoms with Gasteiger partial charge in [-0.05, 0) is 51.7 Å². The maximum atomic E-state index is 12.9. The number of rotatable bonds is 24. The fourth-order valence-electron chi connectivity index (χ4n) is 4.84. The highest BCUT2D eigenvalue weighted by Crippen LogP contribution is 2.14. The summed E-state index contributed by atoms with van der Waals surface area (Å²) in [7, 11) is 6.06. The summed E-state index contributed by atoms with van der Waals surface area (Å²) in [5, 5.41) is 3.57. The molecule has 0 aromatic heterocycles. The first-order valence-corrected chi connectivity index (χ1v) is 15.2. The summed E-state index contributed by atoms with van der Waals surface area (Å²) in [6.45, 7) is 5.88. The normalized spacial score (nSPS) is 11.4. The molecule has 4 nitrogen and oxygen atoms in total. The highest BCUT2D eigenvalue weighted by molar-refractivity contribution is 5.95. The molecule has 0 unspecified atom stereocenters. The second-order valence-electron chi connectivity index (χ2n) is 11.0. The smallest absolute Gasteiger partial charge is 0.253 e. The largest absolute Gasteiger partial charge is 0.342 e. The summed E-state index contributed by atoms with van der Waals surface area (Å²) in [6.07, 6.45) is 23.4. The molecule has 1 aromatic rings. The van der Waals surface area contributed by atoms with Crippen LogP contribution in [0, 0.1) is 0 Å². The molecule has 0 aliphatic carbocycles. The summed E-state index contributed by atoms with van der Waals surface area (Å²) in [6, 6.07) is 8.06. The van der Waals surface area contributed by atoms with Gasteiger partial charge in [0.05, 0.1) is 0 Å². The lowest BCUT2D eigenvalue weighted by Gasteiger charge is -2.20. The van der Waals surface area contributed by atoms with Crippen LogP contribution in [0.5, 0.6) is 0 Å². The lowest BCUT2D eigenvalue weighted by atomic mass is 10.0. The van der Waals surface area contributed by atoms with Gasteiger partial charge in [0.15, 0.2) is 0 Å². The third-order valence-corrected chi connectivity index (χ3v) is 7.22. The minimum atomic E-state index is 0.133. The Balaban J connectivity index is 2.02. The van der Waals surface area contributed by atoms with Crippen molar-refractivity contribution < 1.29 is 4.79 Å². The fourth-order valence-corrected chi connectivity index (χ4v) is 4.84. The number of unbranched alkanes of at least 4 members (excludes halogenated alkanes) is 15. The molecule has 0 bridgehead atoms. The third-order valence-electron chi connectivity index (χ3n) is 7.22. The number of amides is 1. The second kappa shape index (κ2) is 22.8. The van der Waals surface area contributed by atoms with Crippen molar-refractivity contribution in [1.29, 1.82) is 0 Å². The van der Waals surface area contributed by atoms with E-state index in [9.17, 15) is 4.79 Å². The topological polar surface area (TPSA) is 35.6 Å². The van der Waals surface area contributed by atoms with Crippen molar-refractivity contribution >= 4 is 5.91 Å². The Morgan fingerprint density at radius 1 is 0.667 bits per heavy atom. The summed E-state index contributed by atoms with van der Waals surface area (Å²) < 4.78 is 0. The second-order valence-corrected chi connectivity index (χ2v) is 11.0. The van der Waals surface area contributed by atoms with Gasteiger partial charge in [0.25, 0.3) is 5.91 Å². The van der Waals surface area contributed by atoms with Gasteiger partial charge < -0.3 is 15.1 Å². The highest BCUT2D eigenvalue weighted by Gasteiger charge is 2.15. The Morgan fingerprint density at radius 2 is 1.17 bits per heavy atom. The number of carbonyl (C=O) groups is 1. The van der Waals surface area contributed by atoms with Crippen molar-refractivity contribution in [2.75, 3.05) is 40.8 Å². The minimum absolute atomic E-state index is 0.133. The summed E-state index contributed by atoms with van der Waals surface area (Å²) in [5.41, 5.74) is 1.95. The first kappa shape index (κ1) is 32.6. The van der Waals surface area contributed by atoms with E-state index in [0.717, 1.165) is 43.7 Å². The van der Waals surface area contributed by atoms with Crippen molar-refractivity contribution in [1.82, 2.24) is 15.1 Å². The molecule has 208 valence electrons. The monoisotopic (exact) mass is 501 g/mol. The Labute approximate surface area is 224 Å². The third kappa shape index (κ3) is 17.1. The lowest BCUT2D eigenvalue weighted by Crippen LogP contribution is -2.31. The van der Waals surface area contributed by atoms with E-state index in [1.807, 2.05) is 30.1 Å². The van der Waals surface area contributed by atoms with Crippen molar-refractivity contribution in [3.63, 3.8) is 0 Å². The fraction of sp³-hybridized carbons (Fsp3) is 0.781. The van der Waals surface area contributed by atoms with Crippen LogP contribution in [-0.2, 0) is 6.54 Å². The van der Waals surface area contributed by atoms with E-state index in [2.05, 4.69) is 37.3 Å². The Morgan fingerprint density at radius 3 is 1.69 bits per heavy atom. The summed E-state index contributed by atoms with van der Waals surface area (Å²) >= 11 is 0.